The van der Waals surface area contributed by atoms with Gasteiger partial charge in [0.1, 0.15) is 0 Å². The number of rotatable bonds is 3. The Balaban J connectivity index is 1.75. The Labute approximate surface area is 126 Å². The van der Waals surface area contributed by atoms with Gasteiger partial charge in [0.25, 0.3) is 0 Å². The van der Waals surface area contributed by atoms with Crippen LogP contribution < -0.4 is 0 Å². The first-order valence-corrected chi connectivity index (χ1v) is 7.55. The van der Waals surface area contributed by atoms with E-state index in [1.165, 1.54) is 0 Å². The largest absolute Gasteiger partial charge is 0.388 e. The van der Waals surface area contributed by atoms with Crippen molar-refractivity contribution in [2.24, 2.45) is 0 Å². The quantitative estimate of drug-likeness (QED) is 0.935. The van der Waals surface area contributed by atoms with Crippen LogP contribution in [0.4, 0.5) is 0 Å². The van der Waals surface area contributed by atoms with Crippen molar-refractivity contribution >= 4 is 10.9 Å². The molecule has 4 heteroatoms. The smallest absolute Gasteiger partial charge is 0.0805 e. The van der Waals surface area contributed by atoms with E-state index in [9.17, 15) is 5.11 Å². The molecule has 0 radical (unpaired) electrons. The second kappa shape index (κ2) is 6.10. The van der Waals surface area contributed by atoms with E-state index in [2.05, 4.69) is 34.9 Å². The molecule has 3 rings (SSSR count). The molecule has 0 aliphatic carbocycles. The summed E-state index contributed by atoms with van der Waals surface area (Å²) in [6.07, 6.45) is 2.14. The molecule has 2 aromatic rings. The van der Waals surface area contributed by atoms with Crippen molar-refractivity contribution in [1.29, 1.82) is 0 Å². The number of aliphatic hydroxyl groups is 1. The Bertz CT molecular complexity index is 616. The van der Waals surface area contributed by atoms with Crippen LogP contribution in [-0.2, 0) is 0 Å². The van der Waals surface area contributed by atoms with Crippen LogP contribution in [-0.4, -0.2) is 59.7 Å². The number of piperazine rings is 1. The molecule has 0 bridgehead atoms. The van der Waals surface area contributed by atoms with Crippen molar-refractivity contribution in [3.05, 3.63) is 42.1 Å². The van der Waals surface area contributed by atoms with Gasteiger partial charge in [-0.3, -0.25) is 4.98 Å². The van der Waals surface area contributed by atoms with Gasteiger partial charge in [0.2, 0.25) is 0 Å². The van der Waals surface area contributed by atoms with Crippen LogP contribution in [0.2, 0.25) is 0 Å². The van der Waals surface area contributed by atoms with Gasteiger partial charge in [-0.05, 0) is 44.3 Å². The Kier molecular flexibility index (Phi) is 4.19. The van der Waals surface area contributed by atoms with Gasteiger partial charge in [-0.2, -0.15) is 0 Å². The minimum absolute atomic E-state index is 0.406. The van der Waals surface area contributed by atoms with E-state index < -0.39 is 6.10 Å². The summed E-state index contributed by atoms with van der Waals surface area (Å²) >= 11 is 0. The van der Waals surface area contributed by atoms with Gasteiger partial charge in [-0.1, -0.05) is 12.1 Å². The van der Waals surface area contributed by atoms with Gasteiger partial charge in [0, 0.05) is 37.3 Å². The number of aromatic nitrogens is 1. The molecule has 2 atom stereocenters. The molecule has 1 saturated heterocycles. The first-order chi connectivity index (χ1) is 10.1. The van der Waals surface area contributed by atoms with E-state index in [1.54, 1.807) is 6.20 Å². The molecule has 112 valence electrons. The van der Waals surface area contributed by atoms with Gasteiger partial charge < -0.3 is 14.9 Å². The first-order valence-electron chi connectivity index (χ1n) is 7.55. The minimum Gasteiger partial charge on any atom is -0.388 e. The normalized spacial score (nSPS) is 22.5. The number of hydrogen-bond acceptors (Lipinski definition) is 4. The predicted octanol–water partition coefficient (Wildman–Crippen LogP) is 1.90. The molecule has 4 nitrogen and oxygen atoms in total. The molecule has 1 aliphatic rings. The highest BCUT2D eigenvalue weighted by Crippen LogP contribution is 2.24. The van der Waals surface area contributed by atoms with Crippen LogP contribution in [0.5, 0.6) is 0 Å². The lowest BCUT2D eigenvalue weighted by Crippen LogP contribution is -2.50. The van der Waals surface area contributed by atoms with Crippen molar-refractivity contribution in [3.8, 4) is 0 Å². The average Bonchev–Trinajstić information content (AvgIpc) is 2.50. The fraction of sp³-hybridized carbons (Fsp3) is 0.471. The fourth-order valence-corrected chi connectivity index (χ4v) is 3.05. The summed E-state index contributed by atoms with van der Waals surface area (Å²) < 4.78 is 0. The third-order valence-corrected chi connectivity index (χ3v) is 4.49. The number of benzene rings is 1. The molecule has 1 aliphatic heterocycles. The Morgan fingerprint density at radius 1 is 1.29 bits per heavy atom. The van der Waals surface area contributed by atoms with E-state index in [0.29, 0.717) is 6.04 Å². The maximum Gasteiger partial charge on any atom is 0.0805 e. The zero-order chi connectivity index (χ0) is 14.8. The topological polar surface area (TPSA) is 39.6 Å². The van der Waals surface area contributed by atoms with Crippen molar-refractivity contribution in [3.63, 3.8) is 0 Å². The summed E-state index contributed by atoms with van der Waals surface area (Å²) in [4.78, 5) is 9.01. The molecule has 21 heavy (non-hydrogen) atoms. The lowest BCUT2D eigenvalue weighted by atomic mass is 9.98. The Morgan fingerprint density at radius 3 is 3.00 bits per heavy atom. The molecule has 2 heterocycles. The van der Waals surface area contributed by atoms with Crippen molar-refractivity contribution < 1.29 is 5.11 Å². The van der Waals surface area contributed by atoms with Crippen molar-refractivity contribution in [2.75, 3.05) is 33.7 Å². The van der Waals surface area contributed by atoms with Crippen LogP contribution in [0.25, 0.3) is 10.9 Å². The summed E-state index contributed by atoms with van der Waals surface area (Å²) in [5.41, 5.74) is 1.96. The molecule has 1 aromatic carbocycles. The highest BCUT2D eigenvalue weighted by Gasteiger charge is 2.25. The van der Waals surface area contributed by atoms with Crippen molar-refractivity contribution in [2.45, 2.75) is 18.6 Å². The SMILES string of the molecule is CN1CCN(C)C(CC(O)c2ccc3ncccc3c2)C1. The van der Waals surface area contributed by atoms with Crippen LogP contribution in [0, 0.1) is 0 Å². The highest BCUT2D eigenvalue weighted by atomic mass is 16.3. The molecule has 0 saturated carbocycles. The molecular weight excluding hydrogens is 262 g/mol. The molecular formula is C17H23N3O. The number of aliphatic hydroxyl groups excluding tert-OH is 1. The summed E-state index contributed by atoms with van der Waals surface area (Å²) in [7, 11) is 4.29. The van der Waals surface area contributed by atoms with Crippen LogP contribution >= 0.6 is 0 Å². The summed E-state index contributed by atoms with van der Waals surface area (Å²) in [5.74, 6) is 0. The molecule has 2 unspecified atom stereocenters. The van der Waals surface area contributed by atoms with E-state index >= 15 is 0 Å². The van der Waals surface area contributed by atoms with Crippen molar-refractivity contribution in [1.82, 2.24) is 14.8 Å². The Hall–Kier alpha value is -1.49. The number of nitrogens with zero attached hydrogens (tertiary/aromatic N) is 3. The molecule has 0 spiro atoms. The number of pyridine rings is 1. The fourth-order valence-electron chi connectivity index (χ4n) is 3.05. The third-order valence-electron chi connectivity index (χ3n) is 4.49. The molecule has 1 N–H and O–H groups in total. The monoisotopic (exact) mass is 285 g/mol. The zero-order valence-corrected chi connectivity index (χ0v) is 12.7. The molecule has 1 aromatic heterocycles. The number of fused-ring (bicyclic) bond motifs is 1. The van der Waals surface area contributed by atoms with Gasteiger partial charge in [0.05, 0.1) is 11.6 Å². The second-order valence-corrected chi connectivity index (χ2v) is 6.10. The average molecular weight is 285 g/mol. The summed E-state index contributed by atoms with van der Waals surface area (Å²) in [5, 5.41) is 11.7. The summed E-state index contributed by atoms with van der Waals surface area (Å²) in [6.45, 7) is 3.18. The molecule has 1 fully saturated rings. The first kappa shape index (κ1) is 14.4. The second-order valence-electron chi connectivity index (χ2n) is 6.10. The van der Waals surface area contributed by atoms with Gasteiger partial charge >= 0.3 is 0 Å². The van der Waals surface area contributed by atoms with E-state index in [-0.39, 0.29) is 0 Å². The third kappa shape index (κ3) is 3.23. The van der Waals surface area contributed by atoms with Gasteiger partial charge in [-0.25, -0.2) is 0 Å². The van der Waals surface area contributed by atoms with Gasteiger partial charge in [-0.15, -0.1) is 0 Å². The van der Waals surface area contributed by atoms with Gasteiger partial charge in [0.15, 0.2) is 0 Å². The van der Waals surface area contributed by atoms with Crippen LogP contribution in [0.1, 0.15) is 18.1 Å². The lowest BCUT2D eigenvalue weighted by Gasteiger charge is -2.38. The van der Waals surface area contributed by atoms with E-state index in [0.717, 1.165) is 42.5 Å². The maximum atomic E-state index is 10.6. The van der Waals surface area contributed by atoms with E-state index in [4.69, 9.17) is 0 Å². The Morgan fingerprint density at radius 2 is 2.14 bits per heavy atom. The number of likely N-dealkylation sites (N-methyl/N-ethyl adjacent to an activating group) is 2. The molecule has 0 amide bonds. The summed E-state index contributed by atoms with van der Waals surface area (Å²) in [6, 6.07) is 10.4. The standard InChI is InChI=1S/C17H23N3O/c1-19-8-9-20(2)15(12-19)11-17(21)14-5-6-16-13(10-14)4-3-7-18-16/h3-7,10,15,17,21H,8-9,11-12H2,1-2H3. The van der Waals surface area contributed by atoms with E-state index in [1.807, 2.05) is 24.3 Å². The van der Waals surface area contributed by atoms with Crippen LogP contribution in [0.15, 0.2) is 36.5 Å². The number of hydrogen-bond donors (Lipinski definition) is 1. The predicted molar refractivity (Wildman–Crippen MR) is 85.2 cm³/mol. The highest BCUT2D eigenvalue weighted by molar-refractivity contribution is 5.79. The maximum absolute atomic E-state index is 10.6. The van der Waals surface area contributed by atoms with Crippen LogP contribution in [0.3, 0.4) is 0 Å². The lowest BCUT2D eigenvalue weighted by molar-refractivity contribution is 0.0635. The minimum atomic E-state index is -0.423. The zero-order valence-electron chi connectivity index (χ0n) is 12.7.